The maximum Gasteiger partial charge on any atom is 0.178 e. The van der Waals surface area contributed by atoms with Gasteiger partial charge in [0.2, 0.25) is 0 Å². The lowest BCUT2D eigenvalue weighted by molar-refractivity contribution is 0.474. The van der Waals surface area contributed by atoms with Crippen molar-refractivity contribution in [1.82, 2.24) is 30.0 Å². The van der Waals surface area contributed by atoms with Gasteiger partial charge < -0.3 is 15.3 Å². The molecule has 0 aliphatic carbocycles. The zero-order valence-corrected chi connectivity index (χ0v) is 18.7. The molecule has 1 saturated heterocycles. The van der Waals surface area contributed by atoms with Crippen molar-refractivity contribution >= 4 is 27.9 Å². The van der Waals surface area contributed by atoms with Crippen LogP contribution in [0.1, 0.15) is 26.3 Å². The van der Waals surface area contributed by atoms with Crippen molar-refractivity contribution in [1.29, 1.82) is 0 Å². The summed E-state index contributed by atoms with van der Waals surface area (Å²) in [5, 5.41) is 19.6. The molecule has 0 radical (unpaired) electrons. The molecule has 4 aromatic rings. The normalized spacial score (nSPS) is 16.4. The van der Waals surface area contributed by atoms with E-state index in [-0.39, 0.29) is 5.75 Å². The van der Waals surface area contributed by atoms with Crippen molar-refractivity contribution in [3.05, 3.63) is 36.2 Å². The monoisotopic (exact) mass is 419 g/mol. The number of benzene rings is 1. The van der Waals surface area contributed by atoms with Crippen LogP contribution in [0.3, 0.4) is 0 Å². The van der Waals surface area contributed by atoms with Crippen molar-refractivity contribution in [2.75, 3.05) is 24.5 Å². The van der Waals surface area contributed by atoms with Gasteiger partial charge in [-0.2, -0.15) is 5.10 Å². The van der Waals surface area contributed by atoms with Gasteiger partial charge in [-0.1, -0.05) is 13.8 Å². The van der Waals surface area contributed by atoms with Gasteiger partial charge in [-0.15, -0.1) is 0 Å². The van der Waals surface area contributed by atoms with E-state index < -0.39 is 0 Å². The number of aromatic hydroxyl groups is 1. The number of anilines is 1. The van der Waals surface area contributed by atoms with Crippen molar-refractivity contribution < 1.29 is 5.11 Å². The third-order valence-corrected chi connectivity index (χ3v) is 5.48. The lowest BCUT2D eigenvalue weighted by Gasteiger charge is -2.32. The van der Waals surface area contributed by atoms with Crippen LogP contribution in [0.25, 0.3) is 33.3 Å². The van der Waals surface area contributed by atoms with Crippen LogP contribution in [0.2, 0.25) is 0 Å². The first kappa shape index (κ1) is 21.0. The van der Waals surface area contributed by atoms with E-state index in [0.717, 1.165) is 47.4 Å². The molecule has 0 spiro atoms. The van der Waals surface area contributed by atoms with Crippen molar-refractivity contribution in [3.8, 4) is 17.0 Å². The molecule has 8 heteroatoms. The van der Waals surface area contributed by atoms with Gasteiger partial charge in [0.15, 0.2) is 5.65 Å². The zero-order valence-electron chi connectivity index (χ0n) is 18.7. The molecule has 1 aromatic carbocycles. The van der Waals surface area contributed by atoms with Gasteiger partial charge in [0.05, 0.1) is 17.4 Å². The molecule has 1 atom stereocenters. The van der Waals surface area contributed by atoms with E-state index >= 15 is 0 Å². The van der Waals surface area contributed by atoms with Crippen LogP contribution in [0, 0.1) is 6.92 Å². The number of hydrogen-bond acceptors (Lipinski definition) is 7. The summed E-state index contributed by atoms with van der Waals surface area (Å²) >= 11 is 0. The number of nitrogens with one attached hydrogen (secondary N) is 1. The average Bonchev–Trinajstić information content (AvgIpc) is 3.17. The summed E-state index contributed by atoms with van der Waals surface area (Å²) in [5.41, 5.74) is 4.20. The highest BCUT2D eigenvalue weighted by Gasteiger charge is 2.19. The van der Waals surface area contributed by atoms with Gasteiger partial charge in [-0.25, -0.2) is 15.0 Å². The number of fused-ring (bicyclic) bond motifs is 2. The quantitative estimate of drug-likeness (QED) is 0.514. The first-order valence-corrected chi connectivity index (χ1v) is 10.8. The van der Waals surface area contributed by atoms with E-state index in [2.05, 4.69) is 32.2 Å². The third kappa shape index (κ3) is 3.90. The number of pyridine rings is 1. The molecule has 8 nitrogen and oxygen atoms in total. The lowest BCUT2D eigenvalue weighted by atomic mass is 10.0. The summed E-state index contributed by atoms with van der Waals surface area (Å²) < 4.78 is 1.75. The second-order valence-corrected chi connectivity index (χ2v) is 7.71. The van der Waals surface area contributed by atoms with Gasteiger partial charge in [-0.05, 0) is 32.0 Å². The standard InChI is InChI=1S/C21H23N7O.C2H6/c1-12-10-28(7-6-22-12)18-9-23-21-17(24-18)5-4-16(25-21)15-8-14-11-27(3)26-19(14)13(2)20(15)29;1-2/h4-5,8-9,11-12,22,29H,6-7,10H2,1-3H3;1-2H3. The molecular formula is C23H29N7O. The minimum absolute atomic E-state index is 0.197. The Kier molecular flexibility index (Phi) is 5.73. The van der Waals surface area contributed by atoms with Gasteiger partial charge in [0.25, 0.3) is 0 Å². The molecule has 2 N–H and O–H groups in total. The Morgan fingerprint density at radius 3 is 2.77 bits per heavy atom. The molecule has 31 heavy (non-hydrogen) atoms. The van der Waals surface area contributed by atoms with E-state index in [4.69, 9.17) is 4.98 Å². The smallest absolute Gasteiger partial charge is 0.178 e. The topological polar surface area (TPSA) is 92.0 Å². The molecule has 1 aliphatic heterocycles. The van der Waals surface area contributed by atoms with Crippen LogP contribution in [0.5, 0.6) is 5.75 Å². The van der Waals surface area contributed by atoms with Crippen LogP contribution >= 0.6 is 0 Å². The van der Waals surface area contributed by atoms with E-state index in [0.29, 0.717) is 22.9 Å². The summed E-state index contributed by atoms with van der Waals surface area (Å²) in [6.45, 7) is 10.8. The molecule has 5 rings (SSSR count). The summed E-state index contributed by atoms with van der Waals surface area (Å²) in [4.78, 5) is 16.2. The maximum absolute atomic E-state index is 10.7. The summed E-state index contributed by atoms with van der Waals surface area (Å²) in [7, 11) is 1.87. The Bertz CT molecular complexity index is 1230. The minimum atomic E-state index is 0.197. The Balaban J connectivity index is 0.00000112. The van der Waals surface area contributed by atoms with Crippen LogP contribution in [-0.2, 0) is 7.05 Å². The van der Waals surface area contributed by atoms with Crippen molar-refractivity contribution in [3.63, 3.8) is 0 Å². The Morgan fingerprint density at radius 1 is 1.19 bits per heavy atom. The highest BCUT2D eigenvalue weighted by molar-refractivity contribution is 5.91. The molecule has 1 fully saturated rings. The third-order valence-electron chi connectivity index (χ3n) is 5.48. The number of aryl methyl sites for hydroxylation is 2. The fraction of sp³-hybridized carbons (Fsp3) is 0.391. The van der Waals surface area contributed by atoms with Gasteiger partial charge in [0, 0.05) is 55.4 Å². The fourth-order valence-corrected chi connectivity index (χ4v) is 3.97. The number of phenolic OH excluding ortho intramolecular Hbond substituents is 1. The Hall–Kier alpha value is -3.26. The summed E-state index contributed by atoms with van der Waals surface area (Å²) in [6.07, 6.45) is 3.72. The average molecular weight is 420 g/mol. The molecule has 1 aliphatic rings. The zero-order chi connectivity index (χ0) is 22.1. The van der Waals surface area contributed by atoms with Crippen LogP contribution in [0.15, 0.2) is 30.6 Å². The second-order valence-electron chi connectivity index (χ2n) is 7.71. The molecular weight excluding hydrogens is 390 g/mol. The van der Waals surface area contributed by atoms with Crippen molar-refractivity contribution in [2.24, 2.45) is 7.05 Å². The number of aromatic nitrogens is 5. The van der Waals surface area contributed by atoms with Gasteiger partial charge >= 0.3 is 0 Å². The summed E-state index contributed by atoms with van der Waals surface area (Å²) in [5.74, 6) is 1.07. The number of hydrogen-bond donors (Lipinski definition) is 2. The molecule has 3 aromatic heterocycles. The number of piperazine rings is 1. The number of nitrogens with zero attached hydrogens (tertiary/aromatic N) is 6. The largest absolute Gasteiger partial charge is 0.507 e. The van der Waals surface area contributed by atoms with Gasteiger partial charge in [-0.3, -0.25) is 4.68 Å². The molecule has 162 valence electrons. The van der Waals surface area contributed by atoms with Crippen LogP contribution in [-0.4, -0.2) is 55.5 Å². The van der Waals surface area contributed by atoms with Crippen molar-refractivity contribution in [2.45, 2.75) is 33.7 Å². The van der Waals surface area contributed by atoms with Gasteiger partial charge in [0.1, 0.15) is 17.1 Å². The molecule has 1 unspecified atom stereocenters. The lowest BCUT2D eigenvalue weighted by Crippen LogP contribution is -2.49. The molecule has 4 heterocycles. The highest BCUT2D eigenvalue weighted by atomic mass is 16.3. The van der Waals surface area contributed by atoms with E-state index in [1.165, 1.54) is 0 Å². The minimum Gasteiger partial charge on any atom is -0.507 e. The number of rotatable bonds is 2. The van der Waals surface area contributed by atoms with E-state index in [1.807, 2.05) is 52.2 Å². The molecule has 0 bridgehead atoms. The van der Waals surface area contributed by atoms with E-state index in [9.17, 15) is 5.11 Å². The maximum atomic E-state index is 10.7. The Labute approximate surface area is 182 Å². The second kappa shape index (κ2) is 8.47. The number of phenols is 1. The molecule has 0 saturated carbocycles. The van der Waals surface area contributed by atoms with Crippen LogP contribution in [0.4, 0.5) is 5.82 Å². The first-order chi connectivity index (χ1) is 15.0. The predicted octanol–water partition coefficient (Wildman–Crippen LogP) is 3.42. The predicted molar refractivity (Wildman–Crippen MR) is 124 cm³/mol. The van der Waals surface area contributed by atoms with Crippen LogP contribution < -0.4 is 10.2 Å². The summed E-state index contributed by atoms with van der Waals surface area (Å²) in [6, 6.07) is 6.15. The highest BCUT2D eigenvalue weighted by Crippen LogP contribution is 2.36. The fourth-order valence-electron chi connectivity index (χ4n) is 3.97. The van der Waals surface area contributed by atoms with E-state index in [1.54, 1.807) is 10.9 Å². The Morgan fingerprint density at radius 2 is 2.00 bits per heavy atom. The SMILES string of the molecule is CC.Cc1c(O)c(-c2ccc3nc(N4CCNC(C)C4)cnc3n2)cc2cn(C)nc12. The molecule has 0 amide bonds. The first-order valence-electron chi connectivity index (χ1n) is 10.8.